The Morgan fingerprint density at radius 3 is 2.48 bits per heavy atom. The number of terminal acetylenes is 1. The smallest absolute Gasteiger partial charge is 0.234 e. The molecule has 0 bridgehead atoms. The molecular weight excluding hydrogens is 390 g/mol. The van der Waals surface area contributed by atoms with Crippen LogP contribution in [0, 0.1) is 12.3 Å². The molecule has 5 heteroatoms. The number of hydrogen-bond acceptors (Lipinski definition) is 4. The van der Waals surface area contributed by atoms with Gasteiger partial charge in [0.05, 0.1) is 18.7 Å². The molecule has 1 aliphatic heterocycles. The third-order valence-corrected chi connectivity index (χ3v) is 4.94. The zero-order chi connectivity index (χ0) is 21.6. The molecule has 0 radical (unpaired) electrons. The monoisotopic (exact) mass is 411 g/mol. The van der Waals surface area contributed by atoms with Gasteiger partial charge in [-0.2, -0.15) is 0 Å². The number of carbonyl (C=O) groups is 2. The molecule has 0 fully saturated rings. The molecule has 0 aromatic heterocycles. The van der Waals surface area contributed by atoms with Crippen molar-refractivity contribution in [3.8, 4) is 29.6 Å². The molecule has 0 aliphatic carbocycles. The number of ether oxygens (including phenoxy) is 2. The summed E-state index contributed by atoms with van der Waals surface area (Å²) in [5, 5.41) is 0. The summed E-state index contributed by atoms with van der Waals surface area (Å²) in [6.07, 6.45) is 5.44. The number of benzene rings is 3. The molecule has 1 amide bonds. The number of rotatable bonds is 6. The van der Waals surface area contributed by atoms with Crippen LogP contribution in [0.25, 0.3) is 0 Å². The van der Waals surface area contributed by atoms with E-state index in [1.165, 1.54) is 0 Å². The van der Waals surface area contributed by atoms with Crippen molar-refractivity contribution in [3.05, 3.63) is 83.9 Å². The fourth-order valence-corrected chi connectivity index (χ4v) is 3.42. The summed E-state index contributed by atoms with van der Waals surface area (Å²) in [4.78, 5) is 26.9. The molecule has 154 valence electrons. The maximum atomic E-state index is 12.8. The van der Waals surface area contributed by atoms with E-state index >= 15 is 0 Å². The molecule has 1 heterocycles. The number of carbonyl (C=O) groups excluding carboxylic acids is 2. The highest BCUT2D eigenvalue weighted by atomic mass is 16.5. The molecule has 5 nitrogen and oxygen atoms in total. The molecule has 0 spiro atoms. The van der Waals surface area contributed by atoms with Gasteiger partial charge in [0, 0.05) is 12.0 Å². The summed E-state index contributed by atoms with van der Waals surface area (Å²) in [5.74, 6) is 4.17. The standard InChI is InChI=1S/C26H21NO4/c1-2-19-10-13-24-25(17-19)30-15-14-27(24)26(29)18-21(28)16-20-8-11-23(12-9-20)31-22-6-4-3-5-7-22/h1,3-13,17H,14-16,18H2. The van der Waals surface area contributed by atoms with E-state index in [9.17, 15) is 9.59 Å². The van der Waals surface area contributed by atoms with Gasteiger partial charge in [-0.05, 0) is 48.0 Å². The maximum Gasteiger partial charge on any atom is 0.234 e. The van der Waals surface area contributed by atoms with Gasteiger partial charge < -0.3 is 14.4 Å². The predicted molar refractivity (Wildman–Crippen MR) is 119 cm³/mol. The van der Waals surface area contributed by atoms with Crippen molar-refractivity contribution in [2.45, 2.75) is 12.8 Å². The number of Topliss-reactive ketones (excluding diaryl/α,β-unsaturated/α-hetero) is 1. The summed E-state index contributed by atoms with van der Waals surface area (Å²) in [6.45, 7) is 0.768. The Hall–Kier alpha value is -4.04. The minimum absolute atomic E-state index is 0.144. The topological polar surface area (TPSA) is 55.8 Å². The van der Waals surface area contributed by atoms with Gasteiger partial charge in [0.15, 0.2) is 0 Å². The lowest BCUT2D eigenvalue weighted by Crippen LogP contribution is -2.39. The molecule has 0 atom stereocenters. The van der Waals surface area contributed by atoms with E-state index in [4.69, 9.17) is 15.9 Å². The molecule has 3 aromatic carbocycles. The van der Waals surface area contributed by atoms with Crippen LogP contribution in [-0.2, 0) is 16.0 Å². The predicted octanol–water partition coefficient (Wildman–Crippen LogP) is 4.39. The third-order valence-electron chi connectivity index (χ3n) is 4.94. The lowest BCUT2D eigenvalue weighted by molar-refractivity contribution is -0.126. The van der Waals surface area contributed by atoms with Gasteiger partial charge in [-0.3, -0.25) is 9.59 Å². The lowest BCUT2D eigenvalue weighted by Gasteiger charge is -2.29. The van der Waals surface area contributed by atoms with Crippen molar-refractivity contribution in [2.75, 3.05) is 18.1 Å². The van der Waals surface area contributed by atoms with Crippen LogP contribution in [0.1, 0.15) is 17.5 Å². The highest BCUT2D eigenvalue weighted by molar-refractivity contribution is 6.07. The van der Waals surface area contributed by atoms with E-state index < -0.39 is 0 Å². The van der Waals surface area contributed by atoms with E-state index in [0.717, 1.165) is 11.3 Å². The third kappa shape index (κ3) is 4.93. The van der Waals surface area contributed by atoms with Crippen LogP contribution in [0.4, 0.5) is 5.69 Å². The molecule has 0 saturated heterocycles. The molecule has 31 heavy (non-hydrogen) atoms. The number of amides is 1. The largest absolute Gasteiger partial charge is 0.489 e. The summed E-state index contributed by atoms with van der Waals surface area (Å²) >= 11 is 0. The number of anilines is 1. The van der Waals surface area contributed by atoms with Gasteiger partial charge in [0.25, 0.3) is 0 Å². The lowest BCUT2D eigenvalue weighted by atomic mass is 10.1. The molecule has 0 N–H and O–H groups in total. The average molecular weight is 411 g/mol. The van der Waals surface area contributed by atoms with Crippen LogP contribution in [0.2, 0.25) is 0 Å². The molecule has 4 rings (SSSR count). The Balaban J connectivity index is 1.36. The van der Waals surface area contributed by atoms with E-state index in [-0.39, 0.29) is 24.5 Å². The van der Waals surface area contributed by atoms with Gasteiger partial charge in [-0.15, -0.1) is 6.42 Å². The SMILES string of the molecule is C#Cc1ccc2c(c1)OCCN2C(=O)CC(=O)Cc1ccc(Oc2ccccc2)cc1. The molecule has 1 aliphatic rings. The van der Waals surface area contributed by atoms with E-state index in [1.54, 1.807) is 23.1 Å². The van der Waals surface area contributed by atoms with Crippen LogP contribution < -0.4 is 14.4 Å². The Labute approximate surface area is 181 Å². The second kappa shape index (κ2) is 9.19. The van der Waals surface area contributed by atoms with Gasteiger partial charge in [0.2, 0.25) is 5.91 Å². The molecular formula is C26H21NO4. The van der Waals surface area contributed by atoms with Crippen molar-refractivity contribution in [1.82, 2.24) is 0 Å². The van der Waals surface area contributed by atoms with Gasteiger partial charge >= 0.3 is 0 Å². The van der Waals surface area contributed by atoms with Crippen LogP contribution in [0.5, 0.6) is 17.2 Å². The highest BCUT2D eigenvalue weighted by Gasteiger charge is 2.25. The first-order valence-electron chi connectivity index (χ1n) is 10.00. The number of para-hydroxylation sites is 1. The first-order valence-corrected chi connectivity index (χ1v) is 10.00. The zero-order valence-corrected chi connectivity index (χ0v) is 16.9. The summed E-state index contributed by atoms with van der Waals surface area (Å²) < 4.78 is 11.4. The average Bonchev–Trinajstić information content (AvgIpc) is 2.80. The number of nitrogens with zero attached hydrogens (tertiary/aromatic N) is 1. The van der Waals surface area contributed by atoms with Crippen molar-refractivity contribution in [2.24, 2.45) is 0 Å². The minimum atomic E-state index is -0.243. The number of ketones is 1. The summed E-state index contributed by atoms with van der Waals surface area (Å²) in [5.41, 5.74) is 2.16. The summed E-state index contributed by atoms with van der Waals surface area (Å²) in [6, 6.07) is 22.0. The Kier molecular flexibility index (Phi) is 6.00. The van der Waals surface area contributed by atoms with Crippen LogP contribution in [0.15, 0.2) is 72.8 Å². The normalized spacial score (nSPS) is 12.3. The van der Waals surface area contributed by atoms with Gasteiger partial charge in [0.1, 0.15) is 29.6 Å². The van der Waals surface area contributed by atoms with Gasteiger partial charge in [-0.1, -0.05) is 36.3 Å². The highest BCUT2D eigenvalue weighted by Crippen LogP contribution is 2.32. The first-order chi connectivity index (χ1) is 15.1. The van der Waals surface area contributed by atoms with Crippen molar-refractivity contribution in [1.29, 1.82) is 0 Å². The molecule has 0 unspecified atom stereocenters. The quantitative estimate of drug-likeness (QED) is 0.446. The van der Waals surface area contributed by atoms with Gasteiger partial charge in [-0.25, -0.2) is 0 Å². The molecule has 3 aromatic rings. The Morgan fingerprint density at radius 2 is 1.74 bits per heavy atom. The van der Waals surface area contributed by atoms with Crippen molar-refractivity contribution >= 4 is 17.4 Å². The summed E-state index contributed by atoms with van der Waals surface area (Å²) in [7, 11) is 0. The Bertz CT molecular complexity index is 1130. The van der Waals surface area contributed by atoms with E-state index in [0.29, 0.717) is 35.9 Å². The first kappa shape index (κ1) is 20.2. The number of fused-ring (bicyclic) bond motifs is 1. The number of hydrogen-bond donors (Lipinski definition) is 0. The van der Waals surface area contributed by atoms with Crippen molar-refractivity contribution < 1.29 is 19.1 Å². The zero-order valence-electron chi connectivity index (χ0n) is 16.9. The fraction of sp³-hybridized carbons (Fsp3) is 0.154. The van der Waals surface area contributed by atoms with Crippen LogP contribution >= 0.6 is 0 Å². The Morgan fingerprint density at radius 1 is 1.00 bits per heavy atom. The van der Waals surface area contributed by atoms with Crippen LogP contribution in [-0.4, -0.2) is 24.8 Å². The van der Waals surface area contributed by atoms with E-state index in [2.05, 4.69) is 5.92 Å². The van der Waals surface area contributed by atoms with Crippen LogP contribution in [0.3, 0.4) is 0 Å². The van der Waals surface area contributed by atoms with Crippen molar-refractivity contribution in [3.63, 3.8) is 0 Å². The minimum Gasteiger partial charge on any atom is -0.489 e. The maximum absolute atomic E-state index is 12.8. The second-order valence-corrected chi connectivity index (χ2v) is 7.17. The second-order valence-electron chi connectivity index (χ2n) is 7.17. The fourth-order valence-electron chi connectivity index (χ4n) is 3.42. The van der Waals surface area contributed by atoms with E-state index in [1.807, 2.05) is 54.6 Å². The molecule has 0 saturated carbocycles.